The number of anilines is 2. The van der Waals surface area contributed by atoms with Gasteiger partial charge >= 0.3 is 6.09 Å². The molecule has 108 valence electrons. The van der Waals surface area contributed by atoms with Gasteiger partial charge in [0, 0.05) is 18.7 Å². The highest BCUT2D eigenvalue weighted by Gasteiger charge is 2.21. The number of nitrogens with two attached hydrogens (primary N) is 1. The third kappa shape index (κ3) is 3.77. The molecule has 0 atom stereocenters. The highest BCUT2D eigenvalue weighted by molar-refractivity contribution is 6.34. The van der Waals surface area contributed by atoms with Crippen molar-refractivity contribution in [2.75, 3.05) is 30.7 Å². The predicted octanol–water partition coefficient (Wildman–Crippen LogP) is 2.09. The van der Waals surface area contributed by atoms with Crippen molar-refractivity contribution in [2.45, 2.75) is 12.8 Å². The molecule has 0 aromatic heterocycles. The molecule has 1 saturated heterocycles. The fourth-order valence-electron chi connectivity index (χ4n) is 1.90. The van der Waals surface area contributed by atoms with Crippen LogP contribution >= 0.6 is 11.6 Å². The van der Waals surface area contributed by atoms with Crippen molar-refractivity contribution in [1.82, 2.24) is 4.90 Å². The summed E-state index contributed by atoms with van der Waals surface area (Å²) in [6.07, 6.45) is 0.574. The van der Waals surface area contributed by atoms with Crippen LogP contribution in [0.25, 0.3) is 0 Å². The lowest BCUT2D eigenvalue weighted by Gasteiger charge is -2.12. The number of hydrogen-bond acceptors (Lipinski definition) is 4. The fraction of sp³-hybridized carbons (Fsp3) is 0.385. The average molecular weight is 298 g/mol. The Bertz CT molecular complexity index is 522. The first kappa shape index (κ1) is 14.5. The third-order valence-corrected chi connectivity index (χ3v) is 3.26. The molecule has 1 aromatic rings. The summed E-state index contributed by atoms with van der Waals surface area (Å²) in [4.78, 5) is 24.5. The van der Waals surface area contributed by atoms with E-state index < -0.39 is 0 Å². The van der Waals surface area contributed by atoms with Crippen LogP contribution in [-0.2, 0) is 9.53 Å². The summed E-state index contributed by atoms with van der Waals surface area (Å²) in [7, 11) is 0. The minimum absolute atomic E-state index is 0.149. The van der Waals surface area contributed by atoms with Gasteiger partial charge in [-0.15, -0.1) is 0 Å². The highest BCUT2D eigenvalue weighted by Crippen LogP contribution is 2.24. The third-order valence-electron chi connectivity index (χ3n) is 2.94. The molecule has 0 bridgehead atoms. The maximum atomic E-state index is 11.8. The molecule has 0 radical (unpaired) electrons. The molecule has 1 fully saturated rings. The van der Waals surface area contributed by atoms with E-state index in [9.17, 15) is 9.59 Å². The largest absolute Gasteiger partial charge is 0.448 e. The van der Waals surface area contributed by atoms with Gasteiger partial charge in [0.05, 0.1) is 17.3 Å². The molecule has 0 unspecified atom stereocenters. The van der Waals surface area contributed by atoms with Crippen LogP contribution in [0.5, 0.6) is 0 Å². The monoisotopic (exact) mass is 297 g/mol. The van der Waals surface area contributed by atoms with E-state index in [0.29, 0.717) is 48.9 Å². The van der Waals surface area contributed by atoms with Crippen LogP contribution in [0, 0.1) is 0 Å². The van der Waals surface area contributed by atoms with Crippen molar-refractivity contribution in [2.24, 2.45) is 0 Å². The molecule has 2 amide bonds. The van der Waals surface area contributed by atoms with Gasteiger partial charge in [0.2, 0.25) is 5.91 Å². The summed E-state index contributed by atoms with van der Waals surface area (Å²) in [6.45, 7) is 1.53. The number of benzene rings is 1. The molecule has 6 nitrogen and oxygen atoms in total. The number of ether oxygens (including phenoxy) is 1. The Hall–Kier alpha value is -1.95. The van der Waals surface area contributed by atoms with Crippen LogP contribution in [0.3, 0.4) is 0 Å². The lowest BCUT2D eigenvalue weighted by atomic mass is 10.2. The van der Waals surface area contributed by atoms with Gasteiger partial charge < -0.3 is 20.7 Å². The Balaban J connectivity index is 1.76. The molecular weight excluding hydrogens is 282 g/mol. The summed E-state index contributed by atoms with van der Waals surface area (Å²) in [6, 6.07) is 4.91. The standard InChI is InChI=1S/C13H16ClN3O3/c14-10-8-9(15)3-4-11(10)16-12(18)2-1-5-17-6-7-20-13(17)19/h3-4,8H,1-2,5-7,15H2,(H,16,18). The molecule has 1 aromatic carbocycles. The van der Waals surface area contributed by atoms with Gasteiger partial charge in [-0.1, -0.05) is 11.6 Å². The number of nitrogen functional groups attached to an aromatic ring is 1. The van der Waals surface area contributed by atoms with Crippen LogP contribution < -0.4 is 11.1 Å². The van der Waals surface area contributed by atoms with E-state index in [-0.39, 0.29) is 12.0 Å². The molecule has 1 aliphatic rings. The summed E-state index contributed by atoms with van der Waals surface area (Å²) in [5, 5.41) is 3.12. The van der Waals surface area contributed by atoms with Crippen molar-refractivity contribution < 1.29 is 14.3 Å². The Kier molecular flexibility index (Phi) is 4.68. The van der Waals surface area contributed by atoms with Crippen molar-refractivity contribution in [1.29, 1.82) is 0 Å². The summed E-state index contributed by atoms with van der Waals surface area (Å²) in [5.41, 5.74) is 6.65. The van der Waals surface area contributed by atoms with Gasteiger partial charge in [-0.05, 0) is 24.6 Å². The van der Waals surface area contributed by atoms with E-state index in [2.05, 4.69) is 5.32 Å². The number of nitrogens with one attached hydrogen (secondary N) is 1. The number of amides is 2. The number of rotatable bonds is 5. The van der Waals surface area contributed by atoms with E-state index in [1.165, 1.54) is 0 Å². The minimum atomic E-state index is -0.313. The molecule has 0 saturated carbocycles. The van der Waals surface area contributed by atoms with E-state index in [1.54, 1.807) is 23.1 Å². The van der Waals surface area contributed by atoms with Crippen LogP contribution in [-0.4, -0.2) is 36.6 Å². The maximum absolute atomic E-state index is 11.8. The quantitative estimate of drug-likeness (QED) is 0.815. The van der Waals surface area contributed by atoms with Crippen LogP contribution in [0.1, 0.15) is 12.8 Å². The number of hydrogen-bond donors (Lipinski definition) is 2. The smallest absolute Gasteiger partial charge is 0.409 e. The maximum Gasteiger partial charge on any atom is 0.409 e. The molecule has 1 aliphatic heterocycles. The van der Waals surface area contributed by atoms with E-state index in [1.807, 2.05) is 0 Å². The van der Waals surface area contributed by atoms with Crippen LogP contribution in [0.15, 0.2) is 18.2 Å². The Labute approximate surface area is 121 Å². The lowest BCUT2D eigenvalue weighted by molar-refractivity contribution is -0.116. The average Bonchev–Trinajstić information content (AvgIpc) is 2.79. The van der Waals surface area contributed by atoms with Crippen molar-refractivity contribution in [3.05, 3.63) is 23.2 Å². The van der Waals surface area contributed by atoms with E-state index in [4.69, 9.17) is 22.1 Å². The Morgan fingerprint density at radius 3 is 2.95 bits per heavy atom. The predicted molar refractivity (Wildman–Crippen MR) is 76.6 cm³/mol. The van der Waals surface area contributed by atoms with Gasteiger partial charge in [0.25, 0.3) is 0 Å². The zero-order valence-electron chi connectivity index (χ0n) is 10.9. The van der Waals surface area contributed by atoms with Crippen molar-refractivity contribution >= 4 is 35.0 Å². The minimum Gasteiger partial charge on any atom is -0.448 e. The van der Waals surface area contributed by atoms with Crippen LogP contribution in [0.4, 0.5) is 16.2 Å². The number of halogens is 1. The van der Waals surface area contributed by atoms with E-state index >= 15 is 0 Å². The van der Waals surface area contributed by atoms with Gasteiger partial charge in [0.1, 0.15) is 6.61 Å². The molecule has 3 N–H and O–H groups in total. The number of cyclic esters (lactones) is 1. The number of carbonyl (C=O) groups is 2. The molecule has 2 rings (SSSR count). The molecule has 7 heteroatoms. The molecule has 20 heavy (non-hydrogen) atoms. The summed E-state index contributed by atoms with van der Waals surface area (Å²) < 4.78 is 4.80. The first-order valence-corrected chi connectivity index (χ1v) is 6.70. The second-order valence-electron chi connectivity index (χ2n) is 4.49. The SMILES string of the molecule is Nc1ccc(NC(=O)CCCN2CCOC2=O)c(Cl)c1. The molecule has 0 spiro atoms. The van der Waals surface area contributed by atoms with Crippen molar-refractivity contribution in [3.8, 4) is 0 Å². The van der Waals surface area contributed by atoms with Gasteiger partial charge in [-0.3, -0.25) is 4.79 Å². The molecule has 0 aliphatic carbocycles. The highest BCUT2D eigenvalue weighted by atomic mass is 35.5. The fourth-order valence-corrected chi connectivity index (χ4v) is 2.14. The second-order valence-corrected chi connectivity index (χ2v) is 4.90. The topological polar surface area (TPSA) is 84.7 Å². The van der Waals surface area contributed by atoms with Crippen LogP contribution in [0.2, 0.25) is 5.02 Å². The normalized spacial score (nSPS) is 14.2. The summed E-state index contributed by atoms with van der Waals surface area (Å²) in [5.74, 6) is -0.149. The Morgan fingerprint density at radius 1 is 1.50 bits per heavy atom. The van der Waals surface area contributed by atoms with E-state index in [0.717, 1.165) is 0 Å². The zero-order chi connectivity index (χ0) is 14.5. The number of carbonyl (C=O) groups excluding carboxylic acids is 2. The van der Waals surface area contributed by atoms with Gasteiger partial charge in [-0.25, -0.2) is 4.79 Å². The summed E-state index contributed by atoms with van der Waals surface area (Å²) >= 11 is 5.97. The van der Waals surface area contributed by atoms with Gasteiger partial charge in [-0.2, -0.15) is 0 Å². The first-order chi connectivity index (χ1) is 9.56. The number of nitrogens with zero attached hydrogens (tertiary/aromatic N) is 1. The van der Waals surface area contributed by atoms with Gasteiger partial charge in [0.15, 0.2) is 0 Å². The zero-order valence-corrected chi connectivity index (χ0v) is 11.7. The molecule has 1 heterocycles. The molecular formula is C13H16ClN3O3. The Morgan fingerprint density at radius 2 is 2.30 bits per heavy atom. The first-order valence-electron chi connectivity index (χ1n) is 6.33. The van der Waals surface area contributed by atoms with Crippen molar-refractivity contribution in [3.63, 3.8) is 0 Å². The lowest BCUT2D eigenvalue weighted by Crippen LogP contribution is -2.26. The second kappa shape index (κ2) is 6.47.